The number of carbonyl (C=O) groups excluding carboxylic acids is 4. The molecular weight excluding hydrogens is 542 g/mol. The number of aliphatic hydroxyl groups is 1. The van der Waals surface area contributed by atoms with Crippen LogP contribution in [-0.4, -0.2) is 57.9 Å². The number of aromatic carboxylic acids is 1. The molecule has 3 aliphatic carbocycles. The number of anilines is 1. The van der Waals surface area contributed by atoms with Gasteiger partial charge >= 0.3 is 5.97 Å². The van der Waals surface area contributed by atoms with Gasteiger partial charge in [0.2, 0.25) is 11.8 Å². The van der Waals surface area contributed by atoms with Crippen LogP contribution in [0.15, 0.2) is 76.9 Å². The Morgan fingerprint density at radius 2 is 1.76 bits per heavy atom. The van der Waals surface area contributed by atoms with Crippen molar-refractivity contribution in [2.24, 2.45) is 17.8 Å². The lowest BCUT2D eigenvalue weighted by molar-refractivity contribution is -0.123. The summed E-state index contributed by atoms with van der Waals surface area (Å²) in [5, 5.41) is 28.6. The minimum Gasteiger partial charge on any atom is -0.507 e. The quantitative estimate of drug-likeness (QED) is 0.270. The standard InChI is InChI=1S/C32H27NO9/c1-15-12-25(36)28-23(29(15)37)14-22-19(26(28)16-2-5-18(6-3-16)42-11-10-34)8-9-21-27(22)31(39)33(30(21)38)17-4-7-20(32(40)41)24(35)13-17/h2-8,12-13,21-22,26-27,34-35H,9-11,14H2,1H3,(H,40,41)/t21-,22+,26-,27-/m0/s1. The number of ether oxygens (including phenoxy) is 1. The van der Waals surface area contributed by atoms with Gasteiger partial charge in [-0.15, -0.1) is 0 Å². The van der Waals surface area contributed by atoms with E-state index in [0.717, 1.165) is 28.2 Å². The summed E-state index contributed by atoms with van der Waals surface area (Å²) in [6, 6.07) is 10.6. The Kier molecular flexibility index (Phi) is 6.65. The highest BCUT2D eigenvalue weighted by Crippen LogP contribution is 2.55. The molecule has 0 bridgehead atoms. The summed E-state index contributed by atoms with van der Waals surface area (Å²) < 4.78 is 5.48. The summed E-state index contributed by atoms with van der Waals surface area (Å²) in [6.07, 6.45) is 3.62. The summed E-state index contributed by atoms with van der Waals surface area (Å²) in [4.78, 5) is 66.7. The van der Waals surface area contributed by atoms with Crippen molar-refractivity contribution in [3.05, 3.63) is 88.0 Å². The van der Waals surface area contributed by atoms with E-state index in [1.165, 1.54) is 12.1 Å². The molecule has 0 spiro atoms. The number of hydrogen-bond acceptors (Lipinski definition) is 8. The van der Waals surface area contributed by atoms with E-state index in [0.29, 0.717) is 22.5 Å². The summed E-state index contributed by atoms with van der Waals surface area (Å²) in [6.45, 7) is 1.56. The minimum absolute atomic E-state index is 0.0666. The number of fused-ring (bicyclic) bond motifs is 3. The maximum absolute atomic E-state index is 14.0. The zero-order valence-electron chi connectivity index (χ0n) is 22.6. The first-order chi connectivity index (χ1) is 20.1. The number of amides is 2. The molecule has 0 aromatic heterocycles. The fourth-order valence-corrected chi connectivity index (χ4v) is 6.78. The molecule has 10 nitrogen and oxygen atoms in total. The smallest absolute Gasteiger partial charge is 0.339 e. The SMILES string of the molecule is CC1=CC(=O)C2=C(C[C@@H]3C(=CC[C@@H]4C(=O)N(c5ccc(C(=O)O)c(O)c5)C(=O)[C@@H]43)[C@@H]2c2ccc(OCCO)cc2)C1=O. The maximum Gasteiger partial charge on any atom is 0.339 e. The Morgan fingerprint density at radius 1 is 1.02 bits per heavy atom. The topological polar surface area (TPSA) is 159 Å². The maximum atomic E-state index is 14.0. The number of aromatic hydroxyl groups is 1. The predicted molar refractivity (Wildman–Crippen MR) is 148 cm³/mol. The molecule has 2 amide bonds. The summed E-state index contributed by atoms with van der Waals surface area (Å²) in [5.41, 5.74) is 2.26. The largest absolute Gasteiger partial charge is 0.507 e. The van der Waals surface area contributed by atoms with Crippen LogP contribution in [0, 0.1) is 17.8 Å². The number of benzene rings is 2. The Balaban J connectivity index is 1.42. The highest BCUT2D eigenvalue weighted by molar-refractivity contribution is 6.25. The Labute approximate surface area is 240 Å². The van der Waals surface area contributed by atoms with Crippen molar-refractivity contribution in [1.29, 1.82) is 0 Å². The van der Waals surface area contributed by atoms with E-state index < -0.39 is 47.2 Å². The van der Waals surface area contributed by atoms with Crippen molar-refractivity contribution in [1.82, 2.24) is 0 Å². The molecular formula is C32H27NO9. The van der Waals surface area contributed by atoms with E-state index in [2.05, 4.69) is 0 Å². The Hall–Kier alpha value is -4.83. The molecule has 1 saturated heterocycles. The van der Waals surface area contributed by atoms with Gasteiger partial charge in [-0.3, -0.25) is 19.2 Å². The number of carboxylic acids is 1. The number of Topliss-reactive ketones (excluding diaryl/α,β-unsaturated/α-hetero) is 1. The van der Waals surface area contributed by atoms with Crippen LogP contribution < -0.4 is 9.64 Å². The number of aliphatic hydroxyl groups excluding tert-OH is 1. The molecule has 1 heterocycles. The average Bonchev–Trinajstić information content (AvgIpc) is 3.23. The lowest BCUT2D eigenvalue weighted by Crippen LogP contribution is -2.39. The third-order valence-electron chi connectivity index (χ3n) is 8.61. The highest BCUT2D eigenvalue weighted by atomic mass is 16.5. The first kappa shape index (κ1) is 27.3. The van der Waals surface area contributed by atoms with Crippen molar-refractivity contribution in [3.63, 3.8) is 0 Å². The normalized spacial score (nSPS) is 25.0. The van der Waals surface area contributed by atoms with Gasteiger partial charge in [0.25, 0.3) is 0 Å². The summed E-state index contributed by atoms with van der Waals surface area (Å²) in [7, 11) is 0. The number of phenols is 1. The first-order valence-electron chi connectivity index (χ1n) is 13.6. The van der Waals surface area contributed by atoms with Crippen molar-refractivity contribution in [2.75, 3.05) is 18.1 Å². The van der Waals surface area contributed by atoms with E-state index in [9.17, 15) is 34.2 Å². The van der Waals surface area contributed by atoms with Crippen LogP contribution in [0.3, 0.4) is 0 Å². The molecule has 214 valence electrons. The van der Waals surface area contributed by atoms with Gasteiger partial charge in [-0.05, 0) is 61.6 Å². The van der Waals surface area contributed by atoms with Gasteiger partial charge < -0.3 is 20.1 Å². The van der Waals surface area contributed by atoms with Crippen LogP contribution >= 0.6 is 0 Å². The minimum atomic E-state index is -1.35. The second-order valence-corrected chi connectivity index (χ2v) is 10.9. The van der Waals surface area contributed by atoms with Gasteiger partial charge in [-0.2, -0.15) is 0 Å². The molecule has 42 heavy (non-hydrogen) atoms. The van der Waals surface area contributed by atoms with Crippen LogP contribution in [0.2, 0.25) is 0 Å². The number of rotatable bonds is 6. The number of ketones is 2. The van der Waals surface area contributed by atoms with E-state index >= 15 is 0 Å². The number of carboxylic acid groups (broad SMARTS) is 1. The Bertz CT molecular complexity index is 1660. The number of imide groups is 1. The number of allylic oxidation sites excluding steroid dienone is 6. The van der Waals surface area contributed by atoms with Gasteiger partial charge in [-0.25, -0.2) is 9.69 Å². The van der Waals surface area contributed by atoms with Crippen LogP contribution in [0.5, 0.6) is 11.5 Å². The molecule has 4 atom stereocenters. The van der Waals surface area contributed by atoms with Gasteiger partial charge in [0.1, 0.15) is 23.7 Å². The highest BCUT2D eigenvalue weighted by Gasteiger charge is 2.56. The van der Waals surface area contributed by atoms with Gasteiger partial charge in [0.05, 0.1) is 24.1 Å². The van der Waals surface area contributed by atoms with Gasteiger partial charge in [0.15, 0.2) is 11.6 Å². The van der Waals surface area contributed by atoms with Crippen LogP contribution in [-0.2, 0) is 19.2 Å². The number of hydrogen-bond donors (Lipinski definition) is 3. The average molecular weight is 570 g/mol. The van der Waals surface area contributed by atoms with Gasteiger partial charge in [-0.1, -0.05) is 23.8 Å². The summed E-state index contributed by atoms with van der Waals surface area (Å²) in [5.74, 6) is -5.54. The molecule has 6 rings (SSSR count). The molecule has 4 aliphatic rings. The Morgan fingerprint density at radius 3 is 2.43 bits per heavy atom. The van der Waals surface area contributed by atoms with E-state index in [1.807, 2.05) is 6.08 Å². The van der Waals surface area contributed by atoms with Crippen molar-refractivity contribution in [3.8, 4) is 11.5 Å². The van der Waals surface area contributed by atoms with E-state index in [-0.39, 0.29) is 48.9 Å². The van der Waals surface area contributed by atoms with E-state index in [4.69, 9.17) is 9.84 Å². The molecule has 3 N–H and O–H groups in total. The van der Waals surface area contributed by atoms with Crippen LogP contribution in [0.25, 0.3) is 0 Å². The summed E-state index contributed by atoms with van der Waals surface area (Å²) >= 11 is 0. The fourth-order valence-electron chi connectivity index (χ4n) is 6.78. The first-order valence-corrected chi connectivity index (χ1v) is 13.6. The molecule has 10 heteroatoms. The van der Waals surface area contributed by atoms with Crippen molar-refractivity contribution < 1.29 is 44.0 Å². The lowest BCUT2D eigenvalue weighted by atomic mass is 9.59. The molecule has 2 aromatic carbocycles. The molecule has 0 unspecified atom stereocenters. The zero-order chi connectivity index (χ0) is 29.9. The van der Waals surface area contributed by atoms with Gasteiger partial charge in [0, 0.05) is 28.7 Å². The molecule has 0 radical (unpaired) electrons. The van der Waals surface area contributed by atoms with E-state index in [1.54, 1.807) is 31.2 Å². The third-order valence-corrected chi connectivity index (χ3v) is 8.61. The predicted octanol–water partition coefficient (Wildman–Crippen LogP) is 3.10. The number of nitrogens with zero attached hydrogens (tertiary/aromatic N) is 1. The number of carbonyl (C=O) groups is 5. The van der Waals surface area contributed by atoms with Crippen molar-refractivity contribution in [2.45, 2.75) is 25.7 Å². The molecule has 1 fully saturated rings. The second kappa shape index (κ2) is 10.2. The molecule has 2 aromatic rings. The monoisotopic (exact) mass is 569 g/mol. The fraction of sp³-hybridized carbons (Fsp3) is 0.281. The second-order valence-electron chi connectivity index (χ2n) is 10.9. The molecule has 1 aliphatic heterocycles. The van der Waals surface area contributed by atoms with Crippen LogP contribution in [0.4, 0.5) is 5.69 Å². The zero-order valence-corrected chi connectivity index (χ0v) is 22.6. The lowest BCUT2D eigenvalue weighted by Gasteiger charge is -2.42. The van der Waals surface area contributed by atoms with Crippen molar-refractivity contribution >= 4 is 35.0 Å². The third kappa shape index (κ3) is 4.18. The molecule has 0 saturated carbocycles. The van der Waals surface area contributed by atoms with Crippen LogP contribution in [0.1, 0.15) is 41.6 Å².